The van der Waals surface area contributed by atoms with Crippen LogP contribution in [-0.4, -0.2) is 37.1 Å². The highest BCUT2D eigenvalue weighted by atomic mass is 79.9. The van der Waals surface area contributed by atoms with Crippen molar-refractivity contribution in [3.63, 3.8) is 0 Å². The standard InChI is InChI=1S/C17H21BrN2O3/c1-10(21)20-9-12(16-6-13(18)3-4-17(16)20)5-14-7-15(8-19-14)23-11(2)22/h3-4,6,12,14-15,19H,5,7-9H2,1-2H3. The van der Waals surface area contributed by atoms with Crippen molar-refractivity contribution >= 4 is 33.5 Å². The van der Waals surface area contributed by atoms with Gasteiger partial charge in [-0.15, -0.1) is 0 Å². The molecule has 3 unspecified atom stereocenters. The van der Waals surface area contributed by atoms with Crippen LogP contribution >= 0.6 is 15.9 Å². The summed E-state index contributed by atoms with van der Waals surface area (Å²) in [4.78, 5) is 24.8. The topological polar surface area (TPSA) is 58.6 Å². The zero-order chi connectivity index (χ0) is 16.6. The van der Waals surface area contributed by atoms with E-state index in [1.54, 1.807) is 6.92 Å². The highest BCUT2D eigenvalue weighted by molar-refractivity contribution is 9.10. The van der Waals surface area contributed by atoms with Gasteiger partial charge in [-0.3, -0.25) is 9.59 Å². The predicted molar refractivity (Wildman–Crippen MR) is 91.5 cm³/mol. The minimum atomic E-state index is -0.227. The molecule has 1 fully saturated rings. The van der Waals surface area contributed by atoms with Gasteiger partial charge in [0.15, 0.2) is 0 Å². The maximum atomic E-state index is 11.9. The number of carbonyl (C=O) groups is 2. The second-order valence-corrected chi connectivity index (χ2v) is 7.25. The molecule has 23 heavy (non-hydrogen) atoms. The molecule has 0 aliphatic carbocycles. The van der Waals surface area contributed by atoms with E-state index >= 15 is 0 Å². The molecule has 124 valence electrons. The number of benzene rings is 1. The number of nitrogens with zero attached hydrogens (tertiary/aromatic N) is 1. The number of hydrogen-bond acceptors (Lipinski definition) is 4. The van der Waals surface area contributed by atoms with Crippen LogP contribution in [0.3, 0.4) is 0 Å². The van der Waals surface area contributed by atoms with Crippen LogP contribution in [0, 0.1) is 0 Å². The summed E-state index contributed by atoms with van der Waals surface area (Å²) >= 11 is 3.52. The van der Waals surface area contributed by atoms with Crippen molar-refractivity contribution < 1.29 is 14.3 Å². The summed E-state index contributed by atoms with van der Waals surface area (Å²) in [6, 6.07) is 6.40. The van der Waals surface area contributed by atoms with E-state index in [1.807, 2.05) is 17.0 Å². The molecule has 0 saturated carbocycles. The van der Waals surface area contributed by atoms with Gasteiger partial charge in [-0.25, -0.2) is 0 Å². The summed E-state index contributed by atoms with van der Waals surface area (Å²) in [7, 11) is 0. The molecule has 1 aromatic carbocycles. The van der Waals surface area contributed by atoms with Crippen molar-refractivity contribution in [3.8, 4) is 0 Å². The zero-order valence-corrected chi connectivity index (χ0v) is 14.9. The lowest BCUT2D eigenvalue weighted by molar-refractivity contribution is -0.145. The number of esters is 1. The summed E-state index contributed by atoms with van der Waals surface area (Å²) in [5, 5.41) is 3.44. The average molecular weight is 381 g/mol. The van der Waals surface area contributed by atoms with Crippen molar-refractivity contribution in [2.24, 2.45) is 0 Å². The SMILES string of the molecule is CC(=O)OC1CNC(CC2CN(C(C)=O)c3ccc(Br)cc32)C1. The van der Waals surface area contributed by atoms with Crippen molar-refractivity contribution in [3.05, 3.63) is 28.2 Å². The summed E-state index contributed by atoms with van der Waals surface area (Å²) < 4.78 is 6.31. The fraction of sp³-hybridized carbons (Fsp3) is 0.529. The highest BCUT2D eigenvalue weighted by Crippen LogP contribution is 2.41. The molecular weight excluding hydrogens is 360 g/mol. The van der Waals surface area contributed by atoms with Crippen LogP contribution in [0.1, 0.15) is 38.2 Å². The highest BCUT2D eigenvalue weighted by Gasteiger charge is 2.35. The van der Waals surface area contributed by atoms with Crippen molar-refractivity contribution in [2.45, 2.75) is 44.8 Å². The molecular formula is C17H21BrN2O3. The Labute approximate surface area is 144 Å². The lowest BCUT2D eigenvalue weighted by Crippen LogP contribution is -2.29. The van der Waals surface area contributed by atoms with Gasteiger partial charge < -0.3 is 15.0 Å². The van der Waals surface area contributed by atoms with E-state index in [0.29, 0.717) is 18.5 Å². The fourth-order valence-corrected chi connectivity index (χ4v) is 4.02. The first kappa shape index (κ1) is 16.5. The van der Waals surface area contributed by atoms with E-state index in [1.165, 1.54) is 12.5 Å². The Morgan fingerprint density at radius 1 is 1.39 bits per heavy atom. The maximum Gasteiger partial charge on any atom is 0.302 e. The van der Waals surface area contributed by atoms with E-state index in [2.05, 4.69) is 27.3 Å². The van der Waals surface area contributed by atoms with Crippen LogP contribution in [0.15, 0.2) is 22.7 Å². The first-order chi connectivity index (χ1) is 10.9. The summed E-state index contributed by atoms with van der Waals surface area (Å²) in [5.41, 5.74) is 2.23. The third kappa shape index (κ3) is 3.58. The fourth-order valence-electron chi connectivity index (χ4n) is 3.64. The van der Waals surface area contributed by atoms with Gasteiger partial charge in [0.05, 0.1) is 0 Å². The Morgan fingerprint density at radius 3 is 2.87 bits per heavy atom. The molecule has 2 aliphatic heterocycles. The molecule has 0 radical (unpaired) electrons. The lowest BCUT2D eigenvalue weighted by Gasteiger charge is -2.18. The molecule has 2 heterocycles. The third-order valence-electron chi connectivity index (χ3n) is 4.59. The van der Waals surface area contributed by atoms with Crippen LogP contribution in [0.25, 0.3) is 0 Å². The number of rotatable bonds is 3. The number of ether oxygens (including phenoxy) is 1. The first-order valence-corrected chi connectivity index (χ1v) is 8.71. The number of fused-ring (bicyclic) bond motifs is 1. The molecule has 1 amide bonds. The van der Waals surface area contributed by atoms with E-state index in [-0.39, 0.29) is 18.0 Å². The van der Waals surface area contributed by atoms with Crippen molar-refractivity contribution in [2.75, 3.05) is 18.0 Å². The Hall–Kier alpha value is -1.40. The Balaban J connectivity index is 1.71. The van der Waals surface area contributed by atoms with E-state index in [9.17, 15) is 9.59 Å². The van der Waals surface area contributed by atoms with Gasteiger partial charge in [0, 0.05) is 55.5 Å². The van der Waals surface area contributed by atoms with Gasteiger partial charge in [0.25, 0.3) is 0 Å². The van der Waals surface area contributed by atoms with Gasteiger partial charge in [0.1, 0.15) is 6.10 Å². The molecule has 1 N–H and O–H groups in total. The molecule has 3 atom stereocenters. The molecule has 1 aromatic rings. The van der Waals surface area contributed by atoms with Gasteiger partial charge >= 0.3 is 5.97 Å². The Morgan fingerprint density at radius 2 is 2.17 bits per heavy atom. The van der Waals surface area contributed by atoms with E-state index in [4.69, 9.17) is 4.74 Å². The number of amides is 1. The van der Waals surface area contributed by atoms with Gasteiger partial charge in [-0.1, -0.05) is 15.9 Å². The quantitative estimate of drug-likeness (QED) is 0.818. The number of anilines is 1. The van der Waals surface area contributed by atoms with Gasteiger partial charge in [-0.05, 0) is 30.2 Å². The zero-order valence-electron chi connectivity index (χ0n) is 13.3. The summed E-state index contributed by atoms with van der Waals surface area (Å²) in [6.07, 6.45) is 1.73. The maximum absolute atomic E-state index is 11.9. The predicted octanol–water partition coefficient (Wildman–Crippen LogP) is 2.58. The lowest BCUT2D eigenvalue weighted by atomic mass is 9.93. The smallest absolute Gasteiger partial charge is 0.302 e. The molecule has 0 bridgehead atoms. The number of nitrogens with one attached hydrogen (secondary N) is 1. The average Bonchev–Trinajstić information content (AvgIpc) is 3.04. The van der Waals surface area contributed by atoms with Crippen LogP contribution in [0.4, 0.5) is 5.69 Å². The normalized spacial score (nSPS) is 26.2. The van der Waals surface area contributed by atoms with E-state index in [0.717, 1.165) is 29.5 Å². The summed E-state index contributed by atoms with van der Waals surface area (Å²) in [5.74, 6) is 0.156. The second-order valence-electron chi connectivity index (χ2n) is 6.34. The van der Waals surface area contributed by atoms with Gasteiger partial charge in [-0.2, -0.15) is 0 Å². The minimum absolute atomic E-state index is 0.0372. The summed E-state index contributed by atoms with van der Waals surface area (Å²) in [6.45, 7) is 4.48. The molecule has 1 saturated heterocycles. The second kappa shape index (κ2) is 6.61. The van der Waals surface area contributed by atoms with Crippen molar-refractivity contribution in [1.82, 2.24) is 5.32 Å². The van der Waals surface area contributed by atoms with Crippen LogP contribution in [0.2, 0.25) is 0 Å². The van der Waals surface area contributed by atoms with Crippen molar-refractivity contribution in [1.29, 1.82) is 0 Å². The largest absolute Gasteiger partial charge is 0.461 e. The minimum Gasteiger partial charge on any atom is -0.461 e. The molecule has 0 aromatic heterocycles. The monoisotopic (exact) mass is 380 g/mol. The van der Waals surface area contributed by atoms with Crippen LogP contribution in [-0.2, 0) is 14.3 Å². The Bertz CT molecular complexity index is 634. The number of halogens is 1. The van der Waals surface area contributed by atoms with Crippen LogP contribution in [0.5, 0.6) is 0 Å². The third-order valence-corrected chi connectivity index (χ3v) is 5.08. The molecule has 3 rings (SSSR count). The molecule has 2 aliphatic rings. The Kier molecular flexibility index (Phi) is 4.73. The van der Waals surface area contributed by atoms with E-state index < -0.39 is 0 Å². The molecule has 5 nitrogen and oxygen atoms in total. The number of carbonyl (C=O) groups excluding carboxylic acids is 2. The van der Waals surface area contributed by atoms with Crippen LogP contribution < -0.4 is 10.2 Å². The molecule has 0 spiro atoms. The molecule has 6 heteroatoms. The van der Waals surface area contributed by atoms with Gasteiger partial charge in [0.2, 0.25) is 5.91 Å². The number of hydrogen-bond donors (Lipinski definition) is 1. The first-order valence-electron chi connectivity index (χ1n) is 7.92.